The number of amides is 1. The summed E-state index contributed by atoms with van der Waals surface area (Å²) >= 11 is 5.87. The number of carbonyl (C=O) groups is 2. The smallest absolute Gasteiger partial charge is 0.310 e. The molecule has 6 heteroatoms. The number of carbonyl (C=O) groups excluding carboxylic acids is 2. The molecule has 0 radical (unpaired) electrons. The van der Waals surface area contributed by atoms with Gasteiger partial charge in [-0.05, 0) is 67.3 Å². The largest absolute Gasteiger partial charge is 0.462 e. The quantitative estimate of drug-likeness (QED) is 0.801. The van der Waals surface area contributed by atoms with Gasteiger partial charge in [0.2, 0.25) is 5.91 Å². The highest BCUT2D eigenvalue weighted by atomic mass is 35.5. The van der Waals surface area contributed by atoms with Crippen molar-refractivity contribution in [2.75, 3.05) is 5.32 Å². The van der Waals surface area contributed by atoms with Gasteiger partial charge in [0, 0.05) is 16.6 Å². The topological polar surface area (TPSA) is 64.6 Å². The van der Waals surface area contributed by atoms with Crippen molar-refractivity contribution in [2.24, 2.45) is 23.7 Å². The van der Waals surface area contributed by atoms with Gasteiger partial charge >= 0.3 is 5.97 Å². The molecule has 1 saturated heterocycles. The van der Waals surface area contributed by atoms with E-state index in [-0.39, 0.29) is 41.7 Å². The van der Waals surface area contributed by atoms with E-state index in [1.54, 1.807) is 48.5 Å². The summed E-state index contributed by atoms with van der Waals surface area (Å²) in [6, 6.07) is 14.3. The first-order valence-electron chi connectivity index (χ1n) is 9.13. The van der Waals surface area contributed by atoms with Gasteiger partial charge in [0.05, 0.1) is 11.8 Å². The van der Waals surface area contributed by atoms with Crippen molar-refractivity contribution < 1.29 is 19.1 Å². The van der Waals surface area contributed by atoms with E-state index in [1.165, 1.54) is 0 Å². The van der Waals surface area contributed by atoms with Crippen molar-refractivity contribution in [2.45, 2.75) is 18.9 Å². The van der Waals surface area contributed by atoms with Crippen LogP contribution in [0.1, 0.15) is 12.8 Å². The summed E-state index contributed by atoms with van der Waals surface area (Å²) in [5.74, 6) is 1.02. The van der Waals surface area contributed by atoms with E-state index in [0.717, 1.165) is 12.8 Å². The van der Waals surface area contributed by atoms with Gasteiger partial charge in [-0.1, -0.05) is 11.6 Å². The SMILES string of the molecule is O=C(Nc1ccc(Oc2ccc(Cl)cc2)cc1)[C@H]1[C@@H]2C[C@@H]3[C@@H]1C(=O)O[C@@H]3C2. The van der Waals surface area contributed by atoms with Gasteiger partial charge in [0.15, 0.2) is 0 Å². The van der Waals surface area contributed by atoms with Crippen molar-refractivity contribution in [3.05, 3.63) is 53.6 Å². The van der Waals surface area contributed by atoms with Crippen LogP contribution in [-0.2, 0) is 14.3 Å². The Morgan fingerprint density at radius 1 is 1.04 bits per heavy atom. The van der Waals surface area contributed by atoms with Gasteiger partial charge in [-0.3, -0.25) is 9.59 Å². The maximum atomic E-state index is 12.8. The van der Waals surface area contributed by atoms with Crippen LogP contribution in [0.5, 0.6) is 11.5 Å². The normalized spacial score (nSPS) is 30.3. The lowest BCUT2D eigenvalue weighted by molar-refractivity contribution is -0.145. The molecular weight excluding hydrogens is 366 g/mol. The summed E-state index contributed by atoms with van der Waals surface area (Å²) < 4.78 is 11.2. The van der Waals surface area contributed by atoms with Crippen molar-refractivity contribution in [3.63, 3.8) is 0 Å². The minimum atomic E-state index is -0.272. The molecule has 1 heterocycles. The van der Waals surface area contributed by atoms with E-state index in [1.807, 2.05) is 0 Å². The molecule has 138 valence electrons. The molecule has 2 aromatic carbocycles. The van der Waals surface area contributed by atoms with Crippen LogP contribution in [0.4, 0.5) is 5.69 Å². The van der Waals surface area contributed by atoms with Crippen molar-refractivity contribution in [1.29, 1.82) is 0 Å². The summed E-state index contributed by atoms with van der Waals surface area (Å²) in [7, 11) is 0. The summed E-state index contributed by atoms with van der Waals surface area (Å²) in [5.41, 5.74) is 0.689. The second-order valence-electron chi connectivity index (χ2n) is 7.49. The van der Waals surface area contributed by atoms with E-state index in [4.69, 9.17) is 21.1 Å². The first-order chi connectivity index (χ1) is 13.1. The fourth-order valence-electron chi connectivity index (χ4n) is 4.83. The standard InChI is InChI=1S/C21H18ClNO4/c22-12-1-5-14(6-2-12)26-15-7-3-13(4-8-15)23-20(24)18-11-9-16-17(10-11)27-21(25)19(16)18/h1-8,11,16-19H,9-10H2,(H,23,24)/t11-,16+,17-,18+,19+/m1/s1. The summed E-state index contributed by atoms with van der Waals surface area (Å²) in [6.07, 6.45) is 1.78. The molecule has 3 aliphatic rings. The van der Waals surface area contributed by atoms with Crippen LogP contribution in [0.25, 0.3) is 0 Å². The van der Waals surface area contributed by atoms with E-state index < -0.39 is 0 Å². The van der Waals surface area contributed by atoms with Gasteiger partial charge < -0.3 is 14.8 Å². The molecule has 2 bridgehead atoms. The zero-order valence-electron chi connectivity index (χ0n) is 14.4. The number of ether oxygens (including phenoxy) is 2. The molecule has 2 aliphatic carbocycles. The Labute approximate surface area is 161 Å². The molecule has 0 aromatic heterocycles. The molecule has 1 aliphatic heterocycles. The summed E-state index contributed by atoms with van der Waals surface area (Å²) in [6.45, 7) is 0. The highest BCUT2D eigenvalue weighted by molar-refractivity contribution is 6.30. The number of benzene rings is 2. The van der Waals surface area contributed by atoms with Gasteiger partial charge in [-0.25, -0.2) is 0 Å². The van der Waals surface area contributed by atoms with Crippen LogP contribution in [0.15, 0.2) is 48.5 Å². The lowest BCUT2D eigenvalue weighted by Gasteiger charge is -2.23. The predicted molar refractivity (Wildman–Crippen MR) is 99.7 cm³/mol. The maximum Gasteiger partial charge on any atom is 0.310 e. The number of hydrogen-bond donors (Lipinski definition) is 1. The number of hydrogen-bond acceptors (Lipinski definition) is 4. The molecule has 5 rings (SSSR count). The molecule has 1 N–H and O–H groups in total. The molecule has 3 fully saturated rings. The molecule has 0 spiro atoms. The first-order valence-corrected chi connectivity index (χ1v) is 9.51. The highest BCUT2D eigenvalue weighted by Gasteiger charge is 2.63. The van der Waals surface area contributed by atoms with Crippen LogP contribution in [0.3, 0.4) is 0 Å². The average molecular weight is 384 g/mol. The van der Waals surface area contributed by atoms with Gasteiger partial charge in [0.1, 0.15) is 17.6 Å². The van der Waals surface area contributed by atoms with E-state index >= 15 is 0 Å². The lowest BCUT2D eigenvalue weighted by Crippen LogP contribution is -2.35. The molecular formula is C21H18ClNO4. The van der Waals surface area contributed by atoms with Gasteiger partial charge in [-0.2, -0.15) is 0 Å². The fraction of sp³-hybridized carbons (Fsp3) is 0.333. The van der Waals surface area contributed by atoms with Crippen LogP contribution in [0.2, 0.25) is 5.02 Å². The molecule has 27 heavy (non-hydrogen) atoms. The van der Waals surface area contributed by atoms with Crippen LogP contribution < -0.4 is 10.1 Å². The van der Waals surface area contributed by atoms with Gasteiger partial charge in [-0.15, -0.1) is 0 Å². The molecule has 2 aromatic rings. The fourth-order valence-corrected chi connectivity index (χ4v) is 4.96. The van der Waals surface area contributed by atoms with Crippen molar-refractivity contribution in [1.82, 2.24) is 0 Å². The third-order valence-electron chi connectivity index (χ3n) is 5.96. The molecule has 1 amide bonds. The predicted octanol–water partition coefficient (Wildman–Crippen LogP) is 4.27. The molecule has 0 unspecified atom stereocenters. The Bertz CT molecular complexity index is 893. The zero-order valence-corrected chi connectivity index (χ0v) is 15.2. The Morgan fingerprint density at radius 3 is 2.41 bits per heavy atom. The van der Waals surface area contributed by atoms with Crippen LogP contribution >= 0.6 is 11.6 Å². The molecule has 5 nitrogen and oxygen atoms in total. The van der Waals surface area contributed by atoms with E-state index in [2.05, 4.69) is 5.32 Å². The number of halogens is 1. The number of esters is 1. The second-order valence-corrected chi connectivity index (χ2v) is 7.93. The number of anilines is 1. The lowest BCUT2D eigenvalue weighted by atomic mass is 9.79. The van der Waals surface area contributed by atoms with Crippen molar-refractivity contribution in [3.8, 4) is 11.5 Å². The third-order valence-corrected chi connectivity index (χ3v) is 6.21. The monoisotopic (exact) mass is 383 g/mol. The Balaban J connectivity index is 1.25. The minimum Gasteiger partial charge on any atom is -0.462 e. The van der Waals surface area contributed by atoms with Crippen LogP contribution in [0, 0.1) is 23.7 Å². The molecule has 2 saturated carbocycles. The maximum absolute atomic E-state index is 12.8. The highest BCUT2D eigenvalue weighted by Crippen LogP contribution is 2.57. The Hall–Kier alpha value is -2.53. The average Bonchev–Trinajstić information content (AvgIpc) is 3.27. The van der Waals surface area contributed by atoms with Gasteiger partial charge in [0.25, 0.3) is 0 Å². The second kappa shape index (κ2) is 6.27. The minimum absolute atomic E-state index is 0.0425. The number of nitrogens with one attached hydrogen (secondary N) is 1. The number of rotatable bonds is 4. The van der Waals surface area contributed by atoms with Crippen LogP contribution in [-0.4, -0.2) is 18.0 Å². The summed E-state index contributed by atoms with van der Waals surface area (Å²) in [5, 5.41) is 3.60. The summed E-state index contributed by atoms with van der Waals surface area (Å²) in [4.78, 5) is 24.9. The first kappa shape index (κ1) is 16.6. The Morgan fingerprint density at radius 2 is 1.70 bits per heavy atom. The molecule has 5 atom stereocenters. The zero-order chi connectivity index (χ0) is 18.5. The van der Waals surface area contributed by atoms with Crippen molar-refractivity contribution >= 4 is 29.2 Å². The van der Waals surface area contributed by atoms with E-state index in [0.29, 0.717) is 22.2 Å². The van der Waals surface area contributed by atoms with E-state index in [9.17, 15) is 9.59 Å². The third kappa shape index (κ3) is 2.86. The Kier molecular flexibility index (Phi) is 3.86. The number of fused-ring (bicyclic) bond motifs is 1.